The van der Waals surface area contributed by atoms with Gasteiger partial charge in [-0.2, -0.15) is 4.31 Å². The zero-order valence-electron chi connectivity index (χ0n) is 11.3. The van der Waals surface area contributed by atoms with Crippen LogP contribution in [0.25, 0.3) is 0 Å². The third kappa shape index (κ3) is 4.89. The van der Waals surface area contributed by atoms with E-state index < -0.39 is 10.0 Å². The molecule has 0 spiro atoms. The summed E-state index contributed by atoms with van der Waals surface area (Å²) in [6.45, 7) is 2.35. The van der Waals surface area contributed by atoms with Crippen LogP contribution in [0, 0.1) is 6.92 Å². The van der Waals surface area contributed by atoms with Gasteiger partial charge in [-0.25, -0.2) is 8.42 Å². The highest BCUT2D eigenvalue weighted by molar-refractivity contribution is 9.11. The van der Waals surface area contributed by atoms with Crippen LogP contribution in [0.4, 0.5) is 0 Å². The molecule has 0 aliphatic carbocycles. The molecule has 0 atom stereocenters. The summed E-state index contributed by atoms with van der Waals surface area (Å²) in [5.41, 5.74) is 3.79. The molecule has 1 rings (SSSR count). The Morgan fingerprint density at radius 1 is 1.35 bits per heavy atom. The van der Waals surface area contributed by atoms with Crippen LogP contribution >= 0.6 is 15.9 Å². The number of benzene rings is 1. The van der Waals surface area contributed by atoms with Crippen molar-refractivity contribution in [1.82, 2.24) is 4.31 Å². The third-order valence-corrected chi connectivity index (χ3v) is 4.84. The van der Waals surface area contributed by atoms with Crippen LogP contribution in [-0.4, -0.2) is 37.5 Å². The Morgan fingerprint density at radius 2 is 2.00 bits per heavy atom. The molecule has 0 saturated heterocycles. The molecule has 0 aromatic heterocycles. The van der Waals surface area contributed by atoms with Crippen LogP contribution in [0.2, 0.25) is 0 Å². The monoisotopic (exact) mass is 359 g/mol. The van der Waals surface area contributed by atoms with E-state index in [4.69, 9.17) is 5.11 Å². The minimum absolute atomic E-state index is 0.0437. The molecule has 0 heterocycles. The van der Waals surface area contributed by atoms with E-state index in [-0.39, 0.29) is 24.6 Å². The quantitative estimate of drug-likeness (QED) is 0.760. The van der Waals surface area contributed by atoms with Crippen molar-refractivity contribution in [2.75, 3.05) is 19.7 Å². The molecule has 0 fully saturated rings. The molecule has 20 heavy (non-hydrogen) atoms. The number of hydrogen-bond acceptors (Lipinski definition) is 3. The van der Waals surface area contributed by atoms with E-state index in [0.717, 1.165) is 5.56 Å². The van der Waals surface area contributed by atoms with Gasteiger partial charge in [0.1, 0.15) is 0 Å². The smallest absolute Gasteiger partial charge is 0.243 e. The van der Waals surface area contributed by atoms with Gasteiger partial charge in [-0.05, 0) is 31.6 Å². The minimum Gasteiger partial charge on any atom is -0.396 e. The first-order valence-corrected chi connectivity index (χ1v) is 8.55. The number of aliphatic hydroxyl groups is 1. The Hall–Kier alpha value is -0.910. The molecule has 0 aliphatic rings. The maximum atomic E-state index is 12.5. The summed E-state index contributed by atoms with van der Waals surface area (Å²) in [4.78, 5) is 1.80. The highest BCUT2D eigenvalue weighted by Gasteiger charge is 2.22. The Bertz CT molecular complexity index is 575. The molecule has 0 bridgehead atoms. The third-order valence-electron chi connectivity index (χ3n) is 2.70. The molecule has 110 valence electrons. The van der Waals surface area contributed by atoms with Crippen LogP contribution in [0.1, 0.15) is 12.0 Å². The molecule has 4 nitrogen and oxygen atoms in total. The van der Waals surface area contributed by atoms with Crippen molar-refractivity contribution in [2.24, 2.45) is 0 Å². The summed E-state index contributed by atoms with van der Waals surface area (Å²) < 4.78 is 26.4. The zero-order valence-corrected chi connectivity index (χ0v) is 13.7. The van der Waals surface area contributed by atoms with Crippen molar-refractivity contribution in [3.05, 3.63) is 46.6 Å². The van der Waals surface area contributed by atoms with Crippen molar-refractivity contribution in [1.29, 1.82) is 0 Å². The van der Waals surface area contributed by atoms with Gasteiger partial charge in [0, 0.05) is 24.7 Å². The van der Waals surface area contributed by atoms with E-state index in [9.17, 15) is 8.42 Å². The fourth-order valence-electron chi connectivity index (χ4n) is 1.62. The van der Waals surface area contributed by atoms with E-state index in [2.05, 4.69) is 21.7 Å². The van der Waals surface area contributed by atoms with Crippen molar-refractivity contribution >= 4 is 26.0 Å². The van der Waals surface area contributed by atoms with Gasteiger partial charge in [-0.15, -0.1) is 5.73 Å². The second kappa shape index (κ2) is 8.39. The van der Waals surface area contributed by atoms with Crippen molar-refractivity contribution in [3.8, 4) is 0 Å². The Kier molecular flexibility index (Phi) is 7.19. The molecule has 0 unspecified atom stereocenters. The van der Waals surface area contributed by atoms with Gasteiger partial charge in [0.25, 0.3) is 0 Å². The molecule has 0 aliphatic heterocycles. The van der Waals surface area contributed by atoms with E-state index in [1.165, 1.54) is 9.29 Å². The van der Waals surface area contributed by atoms with Crippen LogP contribution in [0.3, 0.4) is 0 Å². The molecule has 0 saturated carbocycles. The molecule has 1 N–H and O–H groups in total. The molecule has 1 aromatic rings. The van der Waals surface area contributed by atoms with Crippen molar-refractivity contribution in [2.45, 2.75) is 18.2 Å². The summed E-state index contributed by atoms with van der Waals surface area (Å²) in [6.07, 6.45) is 2.02. The van der Waals surface area contributed by atoms with Crippen LogP contribution < -0.4 is 0 Å². The fourth-order valence-corrected chi connectivity index (χ4v) is 3.22. The van der Waals surface area contributed by atoms with Crippen LogP contribution in [0.5, 0.6) is 0 Å². The normalized spacial score (nSPS) is 11.2. The molecule has 0 amide bonds. The number of halogens is 1. The lowest BCUT2D eigenvalue weighted by Crippen LogP contribution is -2.32. The number of rotatable bonds is 7. The Labute approximate surface area is 128 Å². The summed E-state index contributed by atoms with van der Waals surface area (Å²) >= 11 is 3.08. The second-order valence-electron chi connectivity index (χ2n) is 4.23. The second-order valence-corrected chi connectivity index (χ2v) is 6.63. The molecular formula is C14H18BrNO3S. The molecule has 1 aromatic carbocycles. The Balaban J connectivity index is 3.02. The Morgan fingerprint density at radius 3 is 2.55 bits per heavy atom. The minimum atomic E-state index is -3.55. The van der Waals surface area contributed by atoms with Gasteiger partial charge < -0.3 is 5.11 Å². The van der Waals surface area contributed by atoms with Gasteiger partial charge in [0.15, 0.2) is 0 Å². The van der Waals surface area contributed by atoms with E-state index in [0.29, 0.717) is 6.42 Å². The standard InChI is InChI=1S/C14H18BrNO3S/c1-13-5-7-14(8-6-13)20(18,19)16(11-4-12-17)10-3-2-9-15/h3,5-9,17H,4,10-12H2,1H3. The highest BCUT2D eigenvalue weighted by Crippen LogP contribution is 2.16. The summed E-state index contributed by atoms with van der Waals surface area (Å²) in [5.74, 6) is 0. The van der Waals surface area contributed by atoms with Gasteiger partial charge in [-0.1, -0.05) is 33.6 Å². The van der Waals surface area contributed by atoms with Gasteiger partial charge in [0.2, 0.25) is 10.0 Å². The molecular weight excluding hydrogens is 342 g/mol. The first kappa shape index (κ1) is 17.1. The van der Waals surface area contributed by atoms with E-state index >= 15 is 0 Å². The number of hydrogen-bond donors (Lipinski definition) is 1. The number of aliphatic hydroxyl groups excluding tert-OH is 1. The number of aryl methyl sites for hydroxylation is 1. The van der Waals surface area contributed by atoms with Crippen molar-refractivity contribution in [3.63, 3.8) is 0 Å². The number of nitrogens with zero attached hydrogens (tertiary/aromatic N) is 1. The lowest BCUT2D eigenvalue weighted by atomic mass is 10.2. The van der Waals surface area contributed by atoms with E-state index in [1.807, 2.05) is 6.92 Å². The highest BCUT2D eigenvalue weighted by atomic mass is 79.9. The molecule has 6 heteroatoms. The number of sulfonamides is 1. The SMILES string of the molecule is Cc1ccc(S(=O)(=O)N(CC=C=CBr)CCCO)cc1. The average molecular weight is 360 g/mol. The molecule has 0 radical (unpaired) electrons. The van der Waals surface area contributed by atoms with Gasteiger partial charge in [0.05, 0.1) is 4.90 Å². The van der Waals surface area contributed by atoms with Gasteiger partial charge in [-0.3, -0.25) is 0 Å². The summed E-state index contributed by atoms with van der Waals surface area (Å²) in [5, 5.41) is 8.90. The predicted octanol–water partition coefficient (Wildman–Crippen LogP) is 2.43. The topological polar surface area (TPSA) is 57.6 Å². The predicted molar refractivity (Wildman–Crippen MR) is 83.2 cm³/mol. The van der Waals surface area contributed by atoms with Crippen LogP contribution in [0.15, 0.2) is 46.0 Å². The first-order chi connectivity index (χ1) is 9.52. The largest absolute Gasteiger partial charge is 0.396 e. The van der Waals surface area contributed by atoms with Crippen molar-refractivity contribution < 1.29 is 13.5 Å². The first-order valence-electron chi connectivity index (χ1n) is 6.19. The summed E-state index contributed by atoms with van der Waals surface area (Å²) in [6, 6.07) is 6.73. The van der Waals surface area contributed by atoms with Gasteiger partial charge >= 0.3 is 0 Å². The van der Waals surface area contributed by atoms with Crippen LogP contribution in [-0.2, 0) is 10.0 Å². The maximum Gasteiger partial charge on any atom is 0.243 e. The fraction of sp³-hybridized carbons (Fsp3) is 0.357. The van der Waals surface area contributed by atoms with E-state index in [1.54, 1.807) is 30.3 Å². The summed E-state index contributed by atoms with van der Waals surface area (Å²) in [7, 11) is -3.55. The maximum absolute atomic E-state index is 12.5. The lowest BCUT2D eigenvalue weighted by Gasteiger charge is -2.20. The zero-order chi connectivity index (χ0) is 15.0. The lowest BCUT2D eigenvalue weighted by molar-refractivity contribution is 0.272. The average Bonchev–Trinajstić information content (AvgIpc) is 2.43.